The van der Waals surface area contributed by atoms with E-state index in [-0.39, 0.29) is 6.04 Å². The Kier molecular flexibility index (Phi) is 5.78. The third-order valence-electron chi connectivity index (χ3n) is 3.39. The minimum absolute atomic E-state index is 0.116. The minimum atomic E-state index is 0.116. The second-order valence-corrected chi connectivity index (χ2v) is 5.83. The molecule has 0 amide bonds. The summed E-state index contributed by atoms with van der Waals surface area (Å²) < 4.78 is 5.80. The Morgan fingerprint density at radius 1 is 1.09 bits per heavy atom. The summed E-state index contributed by atoms with van der Waals surface area (Å²) in [6, 6.07) is 16.1. The number of aryl methyl sites for hydroxylation is 2. The van der Waals surface area contributed by atoms with E-state index in [1.807, 2.05) is 43.3 Å². The third kappa shape index (κ3) is 5.04. The van der Waals surface area contributed by atoms with Gasteiger partial charge in [-0.05, 0) is 68.4 Å². The molecule has 0 bridgehead atoms. The predicted molar refractivity (Wildman–Crippen MR) is 96.7 cm³/mol. The van der Waals surface area contributed by atoms with Gasteiger partial charge in [-0.3, -0.25) is 0 Å². The van der Waals surface area contributed by atoms with Crippen LogP contribution in [0.5, 0.6) is 5.75 Å². The summed E-state index contributed by atoms with van der Waals surface area (Å²) in [5.74, 6) is 0.888. The molecule has 2 N–H and O–H groups in total. The number of para-hydroxylation sites is 1. The van der Waals surface area contributed by atoms with E-state index in [0.717, 1.165) is 11.4 Å². The van der Waals surface area contributed by atoms with Crippen LogP contribution in [0.25, 0.3) is 0 Å². The molecule has 0 fully saturated rings. The lowest BCUT2D eigenvalue weighted by molar-refractivity contribution is 0.287. The molecule has 0 saturated heterocycles. The highest BCUT2D eigenvalue weighted by Gasteiger charge is 2.06. The van der Waals surface area contributed by atoms with Crippen LogP contribution in [0, 0.1) is 13.8 Å². The first kappa shape index (κ1) is 16.3. The predicted octanol–water partition coefficient (Wildman–Crippen LogP) is 4.06. The van der Waals surface area contributed by atoms with Crippen LogP contribution in [-0.2, 0) is 0 Å². The smallest absolute Gasteiger partial charge is 0.171 e. The number of hydrogen-bond acceptors (Lipinski definition) is 2. The second-order valence-electron chi connectivity index (χ2n) is 5.42. The Bertz CT molecular complexity index is 628. The number of benzene rings is 2. The molecule has 116 valence electrons. The van der Waals surface area contributed by atoms with Gasteiger partial charge >= 0.3 is 0 Å². The van der Waals surface area contributed by atoms with Crippen LogP contribution in [0.1, 0.15) is 18.1 Å². The number of nitrogens with one attached hydrogen (secondary N) is 2. The monoisotopic (exact) mass is 314 g/mol. The fraction of sp³-hybridized carbons (Fsp3) is 0.278. The van der Waals surface area contributed by atoms with Crippen LogP contribution in [0.3, 0.4) is 0 Å². The number of ether oxygens (including phenoxy) is 1. The van der Waals surface area contributed by atoms with E-state index in [1.54, 1.807) is 0 Å². The van der Waals surface area contributed by atoms with Crippen molar-refractivity contribution in [2.24, 2.45) is 0 Å². The van der Waals surface area contributed by atoms with E-state index in [9.17, 15) is 0 Å². The molecule has 0 heterocycles. The largest absolute Gasteiger partial charge is 0.491 e. The second kappa shape index (κ2) is 7.80. The van der Waals surface area contributed by atoms with E-state index in [2.05, 4.69) is 36.6 Å². The molecule has 2 rings (SSSR count). The van der Waals surface area contributed by atoms with Gasteiger partial charge in [0, 0.05) is 5.69 Å². The van der Waals surface area contributed by atoms with Gasteiger partial charge in [-0.15, -0.1) is 0 Å². The fourth-order valence-corrected chi connectivity index (χ4v) is 2.30. The van der Waals surface area contributed by atoms with Gasteiger partial charge in [0.1, 0.15) is 12.4 Å². The number of thiocarbonyl (C=S) groups is 1. The van der Waals surface area contributed by atoms with Crippen molar-refractivity contribution in [3.05, 3.63) is 59.7 Å². The van der Waals surface area contributed by atoms with Gasteiger partial charge in [-0.2, -0.15) is 0 Å². The molecule has 0 aliphatic rings. The van der Waals surface area contributed by atoms with Crippen molar-refractivity contribution in [3.8, 4) is 5.75 Å². The number of rotatable bonds is 5. The first-order valence-corrected chi connectivity index (χ1v) is 7.78. The van der Waals surface area contributed by atoms with Gasteiger partial charge in [-0.1, -0.05) is 24.3 Å². The zero-order valence-corrected chi connectivity index (χ0v) is 14.0. The maximum absolute atomic E-state index is 5.80. The van der Waals surface area contributed by atoms with Crippen LogP contribution >= 0.6 is 12.2 Å². The van der Waals surface area contributed by atoms with E-state index < -0.39 is 0 Å². The Hall–Kier alpha value is -2.07. The molecule has 0 saturated carbocycles. The molecule has 2 aromatic rings. The van der Waals surface area contributed by atoms with Gasteiger partial charge in [0.15, 0.2) is 5.11 Å². The third-order valence-corrected chi connectivity index (χ3v) is 3.61. The Morgan fingerprint density at radius 2 is 1.82 bits per heavy atom. The molecule has 0 spiro atoms. The Balaban J connectivity index is 1.78. The summed E-state index contributed by atoms with van der Waals surface area (Å²) in [6.45, 7) is 6.78. The van der Waals surface area contributed by atoms with Crippen molar-refractivity contribution < 1.29 is 4.74 Å². The molecule has 22 heavy (non-hydrogen) atoms. The van der Waals surface area contributed by atoms with Gasteiger partial charge in [0.25, 0.3) is 0 Å². The highest BCUT2D eigenvalue weighted by molar-refractivity contribution is 7.80. The molecule has 4 heteroatoms. The van der Waals surface area contributed by atoms with Crippen LogP contribution in [0.4, 0.5) is 5.69 Å². The minimum Gasteiger partial charge on any atom is -0.491 e. The Morgan fingerprint density at radius 3 is 2.50 bits per heavy atom. The van der Waals surface area contributed by atoms with E-state index in [0.29, 0.717) is 11.7 Å². The van der Waals surface area contributed by atoms with Crippen molar-refractivity contribution in [2.75, 3.05) is 11.9 Å². The van der Waals surface area contributed by atoms with Crippen molar-refractivity contribution in [2.45, 2.75) is 26.8 Å². The number of anilines is 1. The SMILES string of the molecule is Cc1ccc(OCC(C)NC(=S)Nc2ccccc2)cc1C. The highest BCUT2D eigenvalue weighted by Crippen LogP contribution is 2.16. The summed E-state index contributed by atoms with van der Waals surface area (Å²) in [5, 5.41) is 6.97. The first-order valence-electron chi connectivity index (χ1n) is 7.37. The zero-order chi connectivity index (χ0) is 15.9. The molecule has 0 aromatic heterocycles. The normalized spacial score (nSPS) is 11.6. The summed E-state index contributed by atoms with van der Waals surface area (Å²) in [6.07, 6.45) is 0. The lowest BCUT2D eigenvalue weighted by Gasteiger charge is -2.18. The summed E-state index contributed by atoms with van der Waals surface area (Å²) >= 11 is 5.30. The average molecular weight is 314 g/mol. The van der Waals surface area contributed by atoms with Crippen molar-refractivity contribution >= 4 is 23.0 Å². The lowest BCUT2D eigenvalue weighted by Crippen LogP contribution is -2.39. The van der Waals surface area contributed by atoms with Crippen molar-refractivity contribution in [1.29, 1.82) is 0 Å². The van der Waals surface area contributed by atoms with Crippen LogP contribution in [0.15, 0.2) is 48.5 Å². The van der Waals surface area contributed by atoms with Crippen LogP contribution in [-0.4, -0.2) is 17.8 Å². The summed E-state index contributed by atoms with van der Waals surface area (Å²) in [7, 11) is 0. The van der Waals surface area contributed by atoms with Crippen molar-refractivity contribution in [3.63, 3.8) is 0 Å². The molecule has 1 atom stereocenters. The van der Waals surface area contributed by atoms with E-state index in [1.165, 1.54) is 11.1 Å². The van der Waals surface area contributed by atoms with Gasteiger partial charge in [0.05, 0.1) is 6.04 Å². The van der Waals surface area contributed by atoms with E-state index >= 15 is 0 Å². The summed E-state index contributed by atoms with van der Waals surface area (Å²) in [5.41, 5.74) is 3.48. The maximum Gasteiger partial charge on any atom is 0.171 e. The molecule has 0 aliphatic carbocycles. The fourth-order valence-electron chi connectivity index (χ4n) is 1.98. The molecule has 0 aliphatic heterocycles. The molecule has 1 unspecified atom stereocenters. The first-order chi connectivity index (χ1) is 10.5. The van der Waals surface area contributed by atoms with Gasteiger partial charge < -0.3 is 15.4 Å². The van der Waals surface area contributed by atoms with Crippen molar-refractivity contribution in [1.82, 2.24) is 5.32 Å². The van der Waals surface area contributed by atoms with Gasteiger partial charge in [0.2, 0.25) is 0 Å². The van der Waals surface area contributed by atoms with Crippen LogP contribution in [0.2, 0.25) is 0 Å². The molecule has 0 radical (unpaired) electrons. The highest BCUT2D eigenvalue weighted by atomic mass is 32.1. The topological polar surface area (TPSA) is 33.3 Å². The van der Waals surface area contributed by atoms with Gasteiger partial charge in [-0.25, -0.2) is 0 Å². The lowest BCUT2D eigenvalue weighted by atomic mass is 10.1. The summed E-state index contributed by atoms with van der Waals surface area (Å²) in [4.78, 5) is 0. The van der Waals surface area contributed by atoms with Crippen LogP contribution < -0.4 is 15.4 Å². The zero-order valence-electron chi connectivity index (χ0n) is 13.2. The molecule has 3 nitrogen and oxygen atoms in total. The molecule has 2 aromatic carbocycles. The maximum atomic E-state index is 5.80. The molecular weight excluding hydrogens is 292 g/mol. The molecular formula is C18H22N2OS. The Labute approximate surface area is 137 Å². The average Bonchev–Trinajstić information content (AvgIpc) is 2.49. The quantitative estimate of drug-likeness (QED) is 0.816. The standard InChI is InChI=1S/C18H22N2OS/c1-13-9-10-17(11-14(13)2)21-12-15(3)19-18(22)20-16-7-5-4-6-8-16/h4-11,15H,12H2,1-3H3,(H2,19,20,22). The number of hydrogen-bond donors (Lipinski definition) is 2. The van der Waals surface area contributed by atoms with E-state index in [4.69, 9.17) is 17.0 Å².